The molecule has 1 aliphatic heterocycles. The lowest BCUT2D eigenvalue weighted by atomic mass is 10.0. The number of rotatable bonds is 2. The van der Waals surface area contributed by atoms with E-state index in [4.69, 9.17) is 0 Å². The minimum absolute atomic E-state index is 0.117. The summed E-state index contributed by atoms with van der Waals surface area (Å²) in [6.07, 6.45) is 0.959. The van der Waals surface area contributed by atoms with Crippen LogP contribution < -0.4 is 5.32 Å². The van der Waals surface area contributed by atoms with Gasteiger partial charge in [-0.25, -0.2) is 4.39 Å². The highest BCUT2D eigenvalue weighted by Crippen LogP contribution is 2.39. The molecule has 0 amide bonds. The number of halogens is 1. The zero-order chi connectivity index (χ0) is 14.1. The van der Waals surface area contributed by atoms with Crippen molar-refractivity contribution in [3.8, 4) is 5.75 Å². The number of phenolic OH excluding ortho intramolecular Hbond substituents is 1. The Hall–Kier alpha value is -1.68. The maximum absolute atomic E-state index is 13.8. The van der Waals surface area contributed by atoms with E-state index < -0.39 is 0 Å². The second-order valence-corrected chi connectivity index (χ2v) is 6.10. The van der Waals surface area contributed by atoms with E-state index in [1.165, 1.54) is 6.07 Å². The smallest absolute Gasteiger partial charge is 0.137 e. The molecule has 0 bridgehead atoms. The highest BCUT2D eigenvalue weighted by atomic mass is 32.2. The van der Waals surface area contributed by atoms with Gasteiger partial charge < -0.3 is 10.4 Å². The normalized spacial score (nSPS) is 17.6. The predicted octanol–water partition coefficient (Wildman–Crippen LogP) is 4.49. The average molecular weight is 289 g/mol. The number of hydrogen-bond donors (Lipinski definition) is 2. The topological polar surface area (TPSA) is 32.3 Å². The van der Waals surface area contributed by atoms with Gasteiger partial charge in [0.25, 0.3) is 0 Å². The van der Waals surface area contributed by atoms with Crippen molar-refractivity contribution in [2.75, 3.05) is 11.1 Å². The first-order valence-electron chi connectivity index (χ1n) is 6.62. The van der Waals surface area contributed by atoms with Gasteiger partial charge in [0, 0.05) is 16.3 Å². The van der Waals surface area contributed by atoms with Crippen molar-refractivity contribution in [2.45, 2.75) is 24.3 Å². The monoisotopic (exact) mass is 289 g/mol. The molecule has 2 aromatic rings. The highest BCUT2D eigenvalue weighted by Gasteiger charge is 2.22. The maximum atomic E-state index is 13.8. The van der Waals surface area contributed by atoms with E-state index in [-0.39, 0.29) is 11.9 Å². The van der Waals surface area contributed by atoms with Crippen LogP contribution in [0.25, 0.3) is 0 Å². The summed E-state index contributed by atoms with van der Waals surface area (Å²) < 4.78 is 13.8. The number of hydrogen-bond acceptors (Lipinski definition) is 3. The van der Waals surface area contributed by atoms with Gasteiger partial charge in [0.2, 0.25) is 0 Å². The zero-order valence-corrected chi connectivity index (χ0v) is 12.0. The highest BCUT2D eigenvalue weighted by molar-refractivity contribution is 7.99. The van der Waals surface area contributed by atoms with Gasteiger partial charge in [-0.2, -0.15) is 0 Å². The van der Waals surface area contributed by atoms with Gasteiger partial charge in [-0.3, -0.25) is 0 Å². The molecule has 0 saturated carbocycles. The molecule has 2 aromatic carbocycles. The molecule has 1 unspecified atom stereocenters. The van der Waals surface area contributed by atoms with E-state index in [9.17, 15) is 9.50 Å². The van der Waals surface area contributed by atoms with Crippen molar-refractivity contribution < 1.29 is 9.50 Å². The Bertz CT molecular complexity index is 644. The van der Waals surface area contributed by atoms with Crippen LogP contribution in [0.4, 0.5) is 10.1 Å². The summed E-state index contributed by atoms with van der Waals surface area (Å²) in [7, 11) is 0. The second-order valence-electron chi connectivity index (χ2n) is 4.99. The Balaban J connectivity index is 1.89. The third-order valence-corrected chi connectivity index (χ3v) is 4.72. The van der Waals surface area contributed by atoms with E-state index >= 15 is 0 Å². The first-order chi connectivity index (χ1) is 9.65. The fraction of sp³-hybridized carbons (Fsp3) is 0.250. The summed E-state index contributed by atoms with van der Waals surface area (Å²) in [5, 5.41) is 13.0. The molecule has 1 heterocycles. The number of aryl methyl sites for hydroxylation is 1. The van der Waals surface area contributed by atoms with Crippen LogP contribution in [0, 0.1) is 12.7 Å². The van der Waals surface area contributed by atoms with E-state index in [1.54, 1.807) is 23.9 Å². The first kappa shape index (κ1) is 13.3. The molecule has 0 spiro atoms. The molecule has 3 rings (SSSR count). The van der Waals surface area contributed by atoms with Crippen LogP contribution in [0.3, 0.4) is 0 Å². The molecule has 1 atom stereocenters. The lowest BCUT2D eigenvalue weighted by Gasteiger charge is -2.27. The molecule has 0 aliphatic carbocycles. The third-order valence-electron chi connectivity index (χ3n) is 3.56. The van der Waals surface area contributed by atoms with Crippen LogP contribution in [0.2, 0.25) is 0 Å². The lowest BCUT2D eigenvalue weighted by Crippen LogP contribution is -2.16. The number of nitrogens with one attached hydrogen (secondary N) is 1. The molecule has 0 saturated heterocycles. The van der Waals surface area contributed by atoms with Crippen molar-refractivity contribution in [3.63, 3.8) is 0 Å². The predicted molar refractivity (Wildman–Crippen MR) is 80.9 cm³/mol. The van der Waals surface area contributed by atoms with Gasteiger partial charge in [0.15, 0.2) is 0 Å². The number of thioether (sulfide) groups is 1. The van der Waals surface area contributed by atoms with Crippen molar-refractivity contribution >= 4 is 17.4 Å². The number of aromatic hydroxyl groups is 1. The Kier molecular flexibility index (Phi) is 3.57. The minimum Gasteiger partial charge on any atom is -0.508 e. The second kappa shape index (κ2) is 5.37. The molecule has 2 N–H and O–H groups in total. The molecule has 20 heavy (non-hydrogen) atoms. The third kappa shape index (κ3) is 2.48. The Labute approximate surface area is 122 Å². The van der Waals surface area contributed by atoms with Gasteiger partial charge in [-0.05, 0) is 48.7 Å². The van der Waals surface area contributed by atoms with Crippen molar-refractivity contribution in [3.05, 3.63) is 53.3 Å². The Morgan fingerprint density at radius 2 is 2.15 bits per heavy atom. The summed E-state index contributed by atoms with van der Waals surface area (Å²) in [5.74, 6) is 1.06. The Morgan fingerprint density at radius 1 is 1.30 bits per heavy atom. The molecular weight excluding hydrogens is 273 g/mol. The number of anilines is 1. The van der Waals surface area contributed by atoms with Crippen LogP contribution >= 0.6 is 11.8 Å². The van der Waals surface area contributed by atoms with Gasteiger partial charge >= 0.3 is 0 Å². The van der Waals surface area contributed by atoms with E-state index in [2.05, 4.69) is 5.32 Å². The van der Waals surface area contributed by atoms with Crippen molar-refractivity contribution in [2.24, 2.45) is 0 Å². The molecule has 0 radical (unpaired) electrons. The summed E-state index contributed by atoms with van der Waals surface area (Å²) in [5.41, 5.74) is 2.80. The van der Waals surface area contributed by atoms with Crippen LogP contribution in [0.1, 0.15) is 23.6 Å². The molecule has 1 aliphatic rings. The zero-order valence-electron chi connectivity index (χ0n) is 11.2. The quantitative estimate of drug-likeness (QED) is 0.799. The summed E-state index contributed by atoms with van der Waals surface area (Å²) in [6.45, 7) is 1.87. The molecular formula is C16H16FNOS. The molecule has 0 aromatic heterocycles. The van der Waals surface area contributed by atoms with Crippen LogP contribution in [0.15, 0.2) is 41.3 Å². The van der Waals surface area contributed by atoms with E-state index in [0.717, 1.165) is 33.9 Å². The molecule has 2 nitrogen and oxygen atoms in total. The fourth-order valence-corrected chi connectivity index (χ4v) is 3.62. The van der Waals surface area contributed by atoms with E-state index in [1.807, 2.05) is 25.1 Å². The minimum atomic E-state index is -0.138. The first-order valence-corrected chi connectivity index (χ1v) is 7.61. The van der Waals surface area contributed by atoms with Crippen LogP contribution in [0.5, 0.6) is 5.75 Å². The summed E-state index contributed by atoms with van der Waals surface area (Å²) in [6, 6.07) is 10.8. The van der Waals surface area contributed by atoms with Crippen LogP contribution in [-0.4, -0.2) is 10.9 Å². The van der Waals surface area contributed by atoms with Crippen LogP contribution in [-0.2, 0) is 0 Å². The molecule has 4 heteroatoms. The lowest BCUT2D eigenvalue weighted by molar-refractivity contribution is 0.471. The number of phenols is 1. The SMILES string of the molecule is Cc1cc(NC2CCSc3c(F)cccc32)ccc1O. The van der Waals surface area contributed by atoms with E-state index in [0.29, 0.717) is 5.75 Å². The summed E-state index contributed by atoms with van der Waals surface area (Å²) in [4.78, 5) is 0.756. The standard InChI is InChI=1S/C16H16FNOS/c1-10-9-11(5-6-15(10)19)18-14-7-8-20-16-12(14)3-2-4-13(16)17/h2-6,9,14,18-19H,7-8H2,1H3. The number of fused-ring (bicyclic) bond motifs is 1. The fourth-order valence-electron chi connectivity index (χ4n) is 2.48. The van der Waals surface area contributed by atoms with Crippen molar-refractivity contribution in [1.82, 2.24) is 0 Å². The average Bonchev–Trinajstić information content (AvgIpc) is 2.44. The van der Waals surface area contributed by atoms with Gasteiger partial charge in [-0.1, -0.05) is 12.1 Å². The van der Waals surface area contributed by atoms with Crippen molar-refractivity contribution in [1.29, 1.82) is 0 Å². The maximum Gasteiger partial charge on any atom is 0.137 e. The Morgan fingerprint density at radius 3 is 2.95 bits per heavy atom. The largest absolute Gasteiger partial charge is 0.508 e. The molecule has 104 valence electrons. The van der Waals surface area contributed by atoms with Gasteiger partial charge in [-0.15, -0.1) is 11.8 Å². The number of benzene rings is 2. The van der Waals surface area contributed by atoms with Gasteiger partial charge in [0.1, 0.15) is 11.6 Å². The van der Waals surface area contributed by atoms with Gasteiger partial charge in [0.05, 0.1) is 6.04 Å². The summed E-state index contributed by atoms with van der Waals surface area (Å²) >= 11 is 1.58. The molecule has 0 fully saturated rings.